The standard InChI is InChI=1S/C41H55N3O9Si/c1-41(2,3)54(32-11-6-4-7-12-32,33-13-8-5-9-14-33)53-30-29-52-28-27-51-26-25-50-24-23-49-22-21-48-20-19-42-36-16-10-15-34-35(36)31-44(40(34)47)37-17-18-38(45)43-39(37)46/h4-16,37,42H,17-31H2,1-3H3,(H,43,45,46). The number of ether oxygens (including phenoxy) is 5. The van der Waals surface area contributed by atoms with E-state index in [0.717, 1.165) is 11.3 Å². The molecule has 2 aliphatic heterocycles. The van der Waals surface area contributed by atoms with Crippen molar-refractivity contribution in [1.29, 1.82) is 0 Å². The third-order valence-electron chi connectivity index (χ3n) is 9.60. The van der Waals surface area contributed by atoms with Gasteiger partial charge in [-0.1, -0.05) is 87.5 Å². The first-order chi connectivity index (χ1) is 26.2. The highest BCUT2D eigenvalue weighted by atomic mass is 28.4. The monoisotopic (exact) mass is 761 g/mol. The van der Waals surface area contributed by atoms with Gasteiger partial charge < -0.3 is 38.3 Å². The largest absolute Gasteiger partial charge is 0.405 e. The Bertz CT molecular complexity index is 1600. The highest BCUT2D eigenvalue weighted by molar-refractivity contribution is 6.99. The Morgan fingerprint density at radius 1 is 0.685 bits per heavy atom. The maximum absolute atomic E-state index is 13.0. The minimum Gasteiger partial charge on any atom is -0.405 e. The molecule has 0 saturated carbocycles. The van der Waals surface area contributed by atoms with Crippen molar-refractivity contribution in [2.24, 2.45) is 0 Å². The number of nitrogens with zero attached hydrogens (tertiary/aromatic N) is 1. The summed E-state index contributed by atoms with van der Waals surface area (Å²) in [5.74, 6) is -0.908. The SMILES string of the molecule is CC(C)(C)[Si](OCCOCCOCCOCCOCCOCCNc1cccc2c1CN(C1CCC(=O)NC1=O)C2=O)(c1ccccc1)c1ccccc1. The molecule has 1 unspecified atom stereocenters. The van der Waals surface area contributed by atoms with Gasteiger partial charge in [0, 0.05) is 36.3 Å². The molecule has 1 atom stereocenters. The van der Waals surface area contributed by atoms with Crippen LogP contribution in [0.25, 0.3) is 0 Å². The van der Waals surface area contributed by atoms with Crippen LogP contribution in [0.3, 0.4) is 0 Å². The summed E-state index contributed by atoms with van der Waals surface area (Å²) in [6, 6.07) is 26.1. The van der Waals surface area contributed by atoms with Crippen LogP contribution in [0.15, 0.2) is 78.9 Å². The molecule has 0 radical (unpaired) electrons. The van der Waals surface area contributed by atoms with Crippen LogP contribution in [-0.4, -0.2) is 116 Å². The number of hydrogen-bond donors (Lipinski definition) is 2. The van der Waals surface area contributed by atoms with E-state index in [0.29, 0.717) is 97.7 Å². The molecule has 1 saturated heterocycles. The van der Waals surface area contributed by atoms with Crippen molar-refractivity contribution in [2.75, 3.05) is 84.5 Å². The highest BCUT2D eigenvalue weighted by Crippen LogP contribution is 2.37. The molecule has 3 amide bonds. The average Bonchev–Trinajstić information content (AvgIpc) is 3.50. The third-order valence-corrected chi connectivity index (χ3v) is 14.6. The molecular weight excluding hydrogens is 707 g/mol. The molecule has 292 valence electrons. The summed E-state index contributed by atoms with van der Waals surface area (Å²) in [4.78, 5) is 38.4. The predicted molar refractivity (Wildman–Crippen MR) is 209 cm³/mol. The van der Waals surface area contributed by atoms with Gasteiger partial charge in [0.1, 0.15) is 6.04 Å². The second-order valence-corrected chi connectivity index (χ2v) is 18.5. The molecule has 0 spiro atoms. The summed E-state index contributed by atoms with van der Waals surface area (Å²) < 4.78 is 35.3. The summed E-state index contributed by atoms with van der Waals surface area (Å²) in [6.07, 6.45) is 0.564. The number of benzene rings is 3. The number of amides is 3. The van der Waals surface area contributed by atoms with Gasteiger partial charge >= 0.3 is 0 Å². The van der Waals surface area contributed by atoms with Crippen LogP contribution in [0.4, 0.5) is 5.69 Å². The van der Waals surface area contributed by atoms with Gasteiger partial charge in [0.2, 0.25) is 11.8 Å². The van der Waals surface area contributed by atoms with Crippen molar-refractivity contribution in [3.8, 4) is 0 Å². The first-order valence-electron chi connectivity index (χ1n) is 18.9. The van der Waals surface area contributed by atoms with Gasteiger partial charge in [-0.15, -0.1) is 0 Å². The first kappa shape index (κ1) is 41.2. The minimum absolute atomic E-state index is 0.0704. The number of carbonyl (C=O) groups is 3. The number of fused-ring (bicyclic) bond motifs is 1. The molecule has 0 aliphatic carbocycles. The fraction of sp³-hybridized carbons (Fsp3) is 0.488. The Morgan fingerprint density at radius 2 is 1.20 bits per heavy atom. The van der Waals surface area contributed by atoms with E-state index >= 15 is 0 Å². The lowest BCUT2D eigenvalue weighted by Crippen LogP contribution is -2.66. The highest BCUT2D eigenvalue weighted by Gasteiger charge is 2.50. The zero-order valence-corrected chi connectivity index (χ0v) is 32.8. The van der Waals surface area contributed by atoms with Gasteiger partial charge in [-0.2, -0.15) is 0 Å². The second-order valence-electron chi connectivity index (χ2n) is 14.2. The van der Waals surface area contributed by atoms with Crippen LogP contribution < -0.4 is 21.0 Å². The van der Waals surface area contributed by atoms with Crippen molar-refractivity contribution < 1.29 is 42.5 Å². The fourth-order valence-electron chi connectivity index (χ4n) is 7.01. The molecule has 5 rings (SSSR count). The summed E-state index contributed by atoms with van der Waals surface area (Å²) in [7, 11) is -2.56. The number of rotatable bonds is 23. The van der Waals surface area contributed by atoms with Gasteiger partial charge in [0.25, 0.3) is 14.2 Å². The molecule has 0 bridgehead atoms. The zero-order valence-electron chi connectivity index (χ0n) is 31.8. The molecule has 54 heavy (non-hydrogen) atoms. The van der Waals surface area contributed by atoms with Crippen molar-refractivity contribution in [1.82, 2.24) is 10.2 Å². The van der Waals surface area contributed by atoms with E-state index in [4.69, 9.17) is 28.1 Å². The normalized spacial score (nSPS) is 16.1. The van der Waals surface area contributed by atoms with Gasteiger partial charge in [-0.3, -0.25) is 19.7 Å². The van der Waals surface area contributed by atoms with E-state index in [1.54, 1.807) is 11.0 Å². The van der Waals surface area contributed by atoms with Gasteiger partial charge in [-0.05, 0) is 34.0 Å². The fourth-order valence-corrected chi connectivity index (χ4v) is 11.6. The van der Waals surface area contributed by atoms with Gasteiger partial charge in [0.15, 0.2) is 0 Å². The number of nitrogens with one attached hydrogen (secondary N) is 2. The third kappa shape index (κ3) is 10.8. The molecule has 3 aromatic carbocycles. The lowest BCUT2D eigenvalue weighted by molar-refractivity contribution is -0.136. The maximum Gasteiger partial charge on any atom is 0.261 e. The molecule has 0 aromatic heterocycles. The summed E-state index contributed by atoms with van der Waals surface area (Å²) >= 11 is 0. The van der Waals surface area contributed by atoms with Crippen LogP contribution in [0.1, 0.15) is 49.5 Å². The lowest BCUT2D eigenvalue weighted by atomic mass is 10.0. The van der Waals surface area contributed by atoms with E-state index in [1.807, 2.05) is 24.3 Å². The lowest BCUT2D eigenvalue weighted by Gasteiger charge is -2.43. The Kier molecular flexibility index (Phi) is 15.8. The molecule has 12 nitrogen and oxygen atoms in total. The summed E-state index contributed by atoms with van der Waals surface area (Å²) in [5.41, 5.74) is 2.26. The van der Waals surface area contributed by atoms with Crippen molar-refractivity contribution in [2.45, 2.75) is 51.2 Å². The molecule has 2 heterocycles. The smallest absolute Gasteiger partial charge is 0.261 e. The first-order valence-corrected chi connectivity index (χ1v) is 20.8. The van der Waals surface area contributed by atoms with E-state index in [1.165, 1.54) is 10.4 Å². The molecule has 13 heteroatoms. The number of piperidine rings is 1. The van der Waals surface area contributed by atoms with Crippen LogP contribution in [-0.2, 0) is 44.2 Å². The Hall–Kier alpha value is -3.95. The predicted octanol–water partition coefficient (Wildman–Crippen LogP) is 3.52. The van der Waals surface area contributed by atoms with Gasteiger partial charge in [-0.25, -0.2) is 0 Å². The zero-order chi connectivity index (χ0) is 38.2. The Balaban J connectivity index is 0.856. The van der Waals surface area contributed by atoms with E-state index in [2.05, 4.69) is 79.9 Å². The minimum atomic E-state index is -2.56. The van der Waals surface area contributed by atoms with Crippen molar-refractivity contribution in [3.63, 3.8) is 0 Å². The maximum atomic E-state index is 13.0. The topological polar surface area (TPSA) is 134 Å². The second kappa shape index (κ2) is 20.7. The van der Waals surface area contributed by atoms with E-state index in [9.17, 15) is 14.4 Å². The van der Waals surface area contributed by atoms with Crippen molar-refractivity contribution in [3.05, 3.63) is 90.0 Å². The Labute approximate surface area is 319 Å². The average molecular weight is 762 g/mol. The van der Waals surface area contributed by atoms with Crippen LogP contribution in [0.5, 0.6) is 0 Å². The van der Waals surface area contributed by atoms with E-state index < -0.39 is 20.3 Å². The van der Waals surface area contributed by atoms with Crippen LogP contribution in [0.2, 0.25) is 5.04 Å². The van der Waals surface area contributed by atoms with Crippen LogP contribution in [0, 0.1) is 0 Å². The number of carbonyl (C=O) groups excluding carboxylic acids is 3. The van der Waals surface area contributed by atoms with Crippen LogP contribution >= 0.6 is 0 Å². The van der Waals surface area contributed by atoms with E-state index in [-0.39, 0.29) is 23.3 Å². The Morgan fingerprint density at radius 3 is 1.72 bits per heavy atom. The quantitative estimate of drug-likeness (QED) is 0.0841. The molecule has 2 aliphatic rings. The molecular formula is C41H55N3O9Si. The summed E-state index contributed by atoms with van der Waals surface area (Å²) in [6.45, 7) is 12.9. The molecule has 3 aromatic rings. The van der Waals surface area contributed by atoms with Crippen molar-refractivity contribution >= 4 is 42.1 Å². The number of hydrogen-bond acceptors (Lipinski definition) is 10. The molecule has 1 fully saturated rings. The van der Waals surface area contributed by atoms with Gasteiger partial charge in [0.05, 0.1) is 72.7 Å². The molecule has 2 N–H and O–H groups in total. The number of imide groups is 1. The summed E-state index contributed by atoms with van der Waals surface area (Å²) in [5, 5.41) is 8.12. The number of anilines is 1.